The predicted molar refractivity (Wildman–Crippen MR) is 90.7 cm³/mol. The standard InChI is InChI=1S/C18H28N2O3/c1-18(9-4-7-15-6-2-3-8-16(15)18)14-20-17(22)19-10-5-12-23-13-11-21/h2-3,6,8,21H,4-5,7,9-14H2,1H3,(H2,19,20,22). The summed E-state index contributed by atoms with van der Waals surface area (Å²) in [7, 11) is 0. The Bertz CT molecular complexity index is 507. The first-order valence-electron chi connectivity index (χ1n) is 8.44. The summed E-state index contributed by atoms with van der Waals surface area (Å²) in [4.78, 5) is 11.9. The lowest BCUT2D eigenvalue weighted by atomic mass is 9.71. The molecule has 2 rings (SSSR count). The number of nitrogens with one attached hydrogen (secondary N) is 2. The van der Waals surface area contributed by atoms with Crippen molar-refractivity contribution in [3.05, 3.63) is 35.4 Å². The van der Waals surface area contributed by atoms with Crippen LogP contribution in [0, 0.1) is 0 Å². The van der Waals surface area contributed by atoms with Crippen LogP contribution < -0.4 is 10.6 Å². The van der Waals surface area contributed by atoms with E-state index in [9.17, 15) is 4.79 Å². The summed E-state index contributed by atoms with van der Waals surface area (Å²) in [5.41, 5.74) is 2.78. The second-order valence-electron chi connectivity index (χ2n) is 6.37. The number of aliphatic hydroxyl groups excluding tert-OH is 1. The zero-order valence-electron chi connectivity index (χ0n) is 13.9. The summed E-state index contributed by atoms with van der Waals surface area (Å²) >= 11 is 0. The fourth-order valence-corrected chi connectivity index (χ4v) is 3.20. The van der Waals surface area contributed by atoms with Gasteiger partial charge in [-0.25, -0.2) is 4.79 Å². The van der Waals surface area contributed by atoms with E-state index in [1.165, 1.54) is 17.5 Å². The van der Waals surface area contributed by atoms with Gasteiger partial charge < -0.3 is 20.5 Å². The number of hydrogen-bond acceptors (Lipinski definition) is 3. The summed E-state index contributed by atoms with van der Waals surface area (Å²) in [5.74, 6) is 0. The molecule has 1 aliphatic carbocycles. The molecule has 1 aromatic carbocycles. The summed E-state index contributed by atoms with van der Waals surface area (Å²) < 4.78 is 5.15. The summed E-state index contributed by atoms with van der Waals surface area (Å²) in [5, 5.41) is 14.4. The van der Waals surface area contributed by atoms with Gasteiger partial charge in [-0.2, -0.15) is 0 Å². The van der Waals surface area contributed by atoms with Crippen molar-refractivity contribution >= 4 is 6.03 Å². The van der Waals surface area contributed by atoms with E-state index in [4.69, 9.17) is 9.84 Å². The molecule has 0 spiro atoms. The number of urea groups is 1. The molecule has 128 valence electrons. The van der Waals surface area contributed by atoms with Gasteiger partial charge in [0.25, 0.3) is 0 Å². The molecule has 23 heavy (non-hydrogen) atoms. The van der Waals surface area contributed by atoms with E-state index in [0.29, 0.717) is 26.3 Å². The fraction of sp³-hybridized carbons (Fsp3) is 0.611. The molecule has 3 N–H and O–H groups in total. The number of amides is 2. The van der Waals surface area contributed by atoms with E-state index in [1.54, 1.807) is 0 Å². The smallest absolute Gasteiger partial charge is 0.314 e. The third-order valence-corrected chi connectivity index (χ3v) is 4.47. The number of ether oxygens (including phenoxy) is 1. The van der Waals surface area contributed by atoms with Crippen LogP contribution in [0.3, 0.4) is 0 Å². The highest BCUT2D eigenvalue weighted by molar-refractivity contribution is 5.74. The van der Waals surface area contributed by atoms with Crippen LogP contribution in [0.5, 0.6) is 0 Å². The lowest BCUT2D eigenvalue weighted by Gasteiger charge is -2.36. The number of carbonyl (C=O) groups excluding carboxylic acids is 1. The third-order valence-electron chi connectivity index (χ3n) is 4.47. The van der Waals surface area contributed by atoms with Crippen LogP contribution in [-0.2, 0) is 16.6 Å². The van der Waals surface area contributed by atoms with Gasteiger partial charge in [-0.05, 0) is 36.8 Å². The van der Waals surface area contributed by atoms with Gasteiger partial charge in [-0.15, -0.1) is 0 Å². The van der Waals surface area contributed by atoms with Crippen molar-refractivity contribution in [3.63, 3.8) is 0 Å². The number of rotatable bonds is 8. The predicted octanol–water partition coefficient (Wildman–Crippen LogP) is 1.98. The molecule has 0 fully saturated rings. The maximum atomic E-state index is 11.9. The van der Waals surface area contributed by atoms with E-state index in [0.717, 1.165) is 19.3 Å². The molecular formula is C18H28N2O3. The number of hydrogen-bond donors (Lipinski definition) is 3. The molecule has 0 aliphatic heterocycles. The van der Waals surface area contributed by atoms with Crippen LogP contribution in [0.1, 0.15) is 37.3 Å². The molecule has 2 amide bonds. The number of benzene rings is 1. The zero-order chi connectivity index (χ0) is 16.5. The van der Waals surface area contributed by atoms with E-state index in [1.807, 2.05) is 0 Å². The number of fused-ring (bicyclic) bond motifs is 1. The van der Waals surface area contributed by atoms with E-state index < -0.39 is 0 Å². The summed E-state index contributed by atoms with van der Waals surface area (Å²) in [6.45, 7) is 4.39. The van der Waals surface area contributed by atoms with E-state index in [2.05, 4.69) is 41.8 Å². The van der Waals surface area contributed by atoms with Crippen LogP contribution in [0.15, 0.2) is 24.3 Å². The van der Waals surface area contributed by atoms with Crippen molar-refractivity contribution in [3.8, 4) is 0 Å². The quantitative estimate of drug-likeness (QED) is 0.642. The van der Waals surface area contributed by atoms with Crippen molar-refractivity contribution in [2.75, 3.05) is 32.9 Å². The molecule has 1 unspecified atom stereocenters. The Morgan fingerprint density at radius 1 is 1.30 bits per heavy atom. The molecule has 0 radical (unpaired) electrons. The Labute approximate surface area is 138 Å². The molecule has 0 saturated carbocycles. The topological polar surface area (TPSA) is 70.6 Å². The van der Waals surface area contributed by atoms with Crippen LogP contribution >= 0.6 is 0 Å². The van der Waals surface area contributed by atoms with Crippen molar-refractivity contribution < 1.29 is 14.6 Å². The summed E-state index contributed by atoms with van der Waals surface area (Å²) in [6.07, 6.45) is 4.14. The molecule has 0 saturated heterocycles. The molecule has 0 aromatic heterocycles. The zero-order valence-corrected chi connectivity index (χ0v) is 13.9. The van der Waals surface area contributed by atoms with Crippen molar-refractivity contribution in [1.29, 1.82) is 0 Å². The van der Waals surface area contributed by atoms with E-state index >= 15 is 0 Å². The van der Waals surface area contributed by atoms with Crippen molar-refractivity contribution in [2.24, 2.45) is 0 Å². The second-order valence-corrected chi connectivity index (χ2v) is 6.37. The molecule has 0 heterocycles. The largest absolute Gasteiger partial charge is 0.394 e. The minimum absolute atomic E-state index is 0.0103. The Morgan fingerprint density at radius 2 is 2.13 bits per heavy atom. The lowest BCUT2D eigenvalue weighted by molar-refractivity contribution is 0.0909. The monoisotopic (exact) mass is 320 g/mol. The average Bonchev–Trinajstić information content (AvgIpc) is 2.57. The maximum absolute atomic E-state index is 11.9. The molecule has 1 aliphatic rings. The van der Waals surface area contributed by atoms with Crippen LogP contribution in [-0.4, -0.2) is 44.0 Å². The Kier molecular flexibility index (Phi) is 6.86. The normalized spacial score (nSPS) is 19.9. The number of carbonyl (C=O) groups is 1. The molecule has 0 bridgehead atoms. The Morgan fingerprint density at radius 3 is 2.96 bits per heavy atom. The Hall–Kier alpha value is -1.59. The molecule has 1 atom stereocenters. The lowest BCUT2D eigenvalue weighted by Crippen LogP contribution is -2.45. The van der Waals surface area contributed by atoms with E-state index in [-0.39, 0.29) is 18.1 Å². The van der Waals surface area contributed by atoms with Crippen molar-refractivity contribution in [2.45, 2.75) is 38.0 Å². The van der Waals surface area contributed by atoms with Crippen molar-refractivity contribution in [1.82, 2.24) is 10.6 Å². The minimum atomic E-state index is -0.128. The van der Waals surface area contributed by atoms with Gasteiger partial charge in [-0.1, -0.05) is 31.2 Å². The van der Waals surface area contributed by atoms with Gasteiger partial charge in [0.15, 0.2) is 0 Å². The van der Waals surface area contributed by atoms with Gasteiger partial charge in [-0.3, -0.25) is 0 Å². The highest BCUT2D eigenvalue weighted by Gasteiger charge is 2.31. The van der Waals surface area contributed by atoms with Gasteiger partial charge in [0.05, 0.1) is 13.2 Å². The third kappa shape index (κ3) is 5.22. The summed E-state index contributed by atoms with van der Waals surface area (Å²) in [6, 6.07) is 8.42. The average molecular weight is 320 g/mol. The molecule has 1 aromatic rings. The van der Waals surface area contributed by atoms with Gasteiger partial charge in [0.2, 0.25) is 0 Å². The van der Waals surface area contributed by atoms with Gasteiger partial charge in [0.1, 0.15) is 0 Å². The van der Waals surface area contributed by atoms with Crippen LogP contribution in [0.4, 0.5) is 4.79 Å². The molecule has 5 heteroatoms. The van der Waals surface area contributed by atoms with Gasteiger partial charge >= 0.3 is 6.03 Å². The maximum Gasteiger partial charge on any atom is 0.314 e. The highest BCUT2D eigenvalue weighted by atomic mass is 16.5. The SMILES string of the molecule is CC1(CNC(=O)NCCCOCCO)CCCc2ccccc21. The second kappa shape index (κ2) is 8.89. The minimum Gasteiger partial charge on any atom is -0.394 e. The first-order chi connectivity index (χ1) is 11.2. The first kappa shape index (κ1) is 17.8. The van der Waals surface area contributed by atoms with Crippen LogP contribution in [0.2, 0.25) is 0 Å². The Balaban J connectivity index is 1.74. The molecule has 5 nitrogen and oxygen atoms in total. The van der Waals surface area contributed by atoms with Gasteiger partial charge in [0, 0.05) is 25.1 Å². The highest BCUT2D eigenvalue weighted by Crippen LogP contribution is 2.36. The molecular weight excluding hydrogens is 292 g/mol. The number of aryl methyl sites for hydroxylation is 1. The number of aliphatic hydroxyl groups is 1. The fourth-order valence-electron chi connectivity index (χ4n) is 3.20. The first-order valence-corrected chi connectivity index (χ1v) is 8.44. The van der Waals surface area contributed by atoms with Crippen LogP contribution in [0.25, 0.3) is 0 Å².